The van der Waals surface area contributed by atoms with E-state index >= 15 is 0 Å². The highest BCUT2D eigenvalue weighted by Crippen LogP contribution is 2.26. The minimum absolute atomic E-state index is 0.0791. The van der Waals surface area contributed by atoms with Gasteiger partial charge in [0.15, 0.2) is 0 Å². The van der Waals surface area contributed by atoms with Crippen LogP contribution >= 0.6 is 0 Å². The summed E-state index contributed by atoms with van der Waals surface area (Å²) < 4.78 is 10.9. The van der Waals surface area contributed by atoms with Crippen molar-refractivity contribution < 1.29 is 14.4 Å². The van der Waals surface area contributed by atoms with E-state index in [-0.39, 0.29) is 16.7 Å². The Hall–Kier alpha value is -1.66. The predicted molar refractivity (Wildman–Crippen MR) is 81.7 cm³/mol. The van der Waals surface area contributed by atoms with E-state index in [1.165, 1.54) is 6.07 Å². The van der Waals surface area contributed by atoms with Crippen LogP contribution < -0.4 is 10.1 Å². The molecular formula is C15H24N2O4. The number of nitrogens with zero attached hydrogens (tertiary/aromatic N) is 1. The number of hydrogen-bond donors (Lipinski definition) is 1. The topological polar surface area (TPSA) is 73.6 Å². The molecule has 1 aromatic rings. The van der Waals surface area contributed by atoms with Gasteiger partial charge in [0.25, 0.3) is 5.69 Å². The lowest BCUT2D eigenvalue weighted by molar-refractivity contribution is -0.384. The first-order chi connectivity index (χ1) is 10.1. The van der Waals surface area contributed by atoms with E-state index in [2.05, 4.69) is 19.2 Å². The lowest BCUT2D eigenvalue weighted by Crippen LogP contribution is -2.20. The summed E-state index contributed by atoms with van der Waals surface area (Å²) in [6.45, 7) is 5.92. The number of non-ortho nitro benzene ring substituents is 1. The van der Waals surface area contributed by atoms with Gasteiger partial charge in [-0.15, -0.1) is 0 Å². The molecule has 6 nitrogen and oxygen atoms in total. The van der Waals surface area contributed by atoms with Crippen molar-refractivity contribution in [1.29, 1.82) is 0 Å². The Bertz CT molecular complexity index is 447. The van der Waals surface area contributed by atoms with Crippen molar-refractivity contribution in [2.75, 3.05) is 20.3 Å². The van der Waals surface area contributed by atoms with Gasteiger partial charge in [0.2, 0.25) is 0 Å². The average molecular weight is 296 g/mol. The molecule has 0 fully saturated rings. The second-order valence-electron chi connectivity index (χ2n) is 4.78. The SMILES string of the molecule is CCC(CC)Oc1ccc([N+](=O)[O-])cc1CNCCOC. The van der Waals surface area contributed by atoms with Crippen LogP contribution in [0.25, 0.3) is 0 Å². The third-order valence-electron chi connectivity index (χ3n) is 3.26. The normalized spacial score (nSPS) is 10.9. The largest absolute Gasteiger partial charge is 0.490 e. The molecule has 0 spiro atoms. The van der Waals surface area contributed by atoms with Gasteiger partial charge in [-0.3, -0.25) is 10.1 Å². The van der Waals surface area contributed by atoms with Gasteiger partial charge in [0.05, 0.1) is 17.6 Å². The minimum Gasteiger partial charge on any atom is -0.490 e. The highest BCUT2D eigenvalue weighted by atomic mass is 16.6. The van der Waals surface area contributed by atoms with Crippen molar-refractivity contribution in [2.45, 2.75) is 39.3 Å². The van der Waals surface area contributed by atoms with Crippen molar-refractivity contribution in [3.05, 3.63) is 33.9 Å². The van der Waals surface area contributed by atoms with Crippen molar-refractivity contribution in [2.24, 2.45) is 0 Å². The molecule has 1 rings (SSSR count). The van der Waals surface area contributed by atoms with Gasteiger partial charge in [0, 0.05) is 37.9 Å². The quantitative estimate of drug-likeness (QED) is 0.408. The Balaban J connectivity index is 2.85. The maximum absolute atomic E-state index is 10.9. The van der Waals surface area contributed by atoms with Gasteiger partial charge in [-0.2, -0.15) is 0 Å². The molecule has 0 aliphatic heterocycles. The van der Waals surface area contributed by atoms with E-state index in [0.29, 0.717) is 25.4 Å². The molecule has 0 aliphatic rings. The number of rotatable bonds is 10. The Morgan fingerprint density at radius 2 is 2.05 bits per heavy atom. The number of ether oxygens (including phenoxy) is 2. The third kappa shape index (κ3) is 5.69. The molecule has 118 valence electrons. The predicted octanol–water partition coefficient (Wildman–Crippen LogP) is 2.90. The maximum Gasteiger partial charge on any atom is 0.270 e. The van der Waals surface area contributed by atoms with Crippen molar-refractivity contribution in [3.63, 3.8) is 0 Å². The molecule has 0 amide bonds. The Labute approximate surface area is 125 Å². The molecule has 1 N–H and O–H groups in total. The fourth-order valence-corrected chi connectivity index (χ4v) is 1.96. The number of nitro benzene ring substituents is 1. The van der Waals surface area contributed by atoms with Crippen LogP contribution in [0.1, 0.15) is 32.3 Å². The Kier molecular flexibility index (Phi) is 7.71. The van der Waals surface area contributed by atoms with Crippen molar-refractivity contribution in [1.82, 2.24) is 5.32 Å². The molecule has 0 aromatic heterocycles. The fourth-order valence-electron chi connectivity index (χ4n) is 1.96. The molecule has 0 heterocycles. The van der Waals surface area contributed by atoms with E-state index < -0.39 is 0 Å². The Morgan fingerprint density at radius 3 is 2.62 bits per heavy atom. The summed E-state index contributed by atoms with van der Waals surface area (Å²) in [4.78, 5) is 10.5. The lowest BCUT2D eigenvalue weighted by Gasteiger charge is -2.18. The van der Waals surface area contributed by atoms with E-state index in [4.69, 9.17) is 9.47 Å². The summed E-state index contributed by atoms with van der Waals surface area (Å²) in [7, 11) is 1.64. The van der Waals surface area contributed by atoms with Crippen LogP contribution in [0.5, 0.6) is 5.75 Å². The van der Waals surface area contributed by atoms with Gasteiger partial charge < -0.3 is 14.8 Å². The van der Waals surface area contributed by atoms with Crippen LogP contribution in [0.3, 0.4) is 0 Å². The zero-order valence-electron chi connectivity index (χ0n) is 12.9. The first-order valence-corrected chi connectivity index (χ1v) is 7.25. The van der Waals surface area contributed by atoms with Crippen LogP contribution in [-0.2, 0) is 11.3 Å². The van der Waals surface area contributed by atoms with E-state index in [0.717, 1.165) is 18.4 Å². The van der Waals surface area contributed by atoms with E-state index in [1.807, 2.05) is 0 Å². The molecule has 0 unspecified atom stereocenters. The van der Waals surface area contributed by atoms with Crippen LogP contribution in [0, 0.1) is 10.1 Å². The molecular weight excluding hydrogens is 272 g/mol. The number of methoxy groups -OCH3 is 1. The fraction of sp³-hybridized carbons (Fsp3) is 0.600. The summed E-state index contributed by atoms with van der Waals surface area (Å²) in [5, 5.41) is 14.1. The molecule has 1 aromatic carbocycles. The highest BCUT2D eigenvalue weighted by Gasteiger charge is 2.14. The monoisotopic (exact) mass is 296 g/mol. The number of nitrogens with one attached hydrogen (secondary N) is 1. The molecule has 0 saturated carbocycles. The zero-order chi connectivity index (χ0) is 15.7. The molecule has 0 saturated heterocycles. The van der Waals surface area contributed by atoms with Gasteiger partial charge in [-0.25, -0.2) is 0 Å². The maximum atomic E-state index is 10.9. The van der Waals surface area contributed by atoms with Gasteiger partial charge >= 0.3 is 0 Å². The van der Waals surface area contributed by atoms with E-state index in [1.54, 1.807) is 19.2 Å². The molecule has 21 heavy (non-hydrogen) atoms. The second-order valence-corrected chi connectivity index (χ2v) is 4.78. The average Bonchev–Trinajstić information content (AvgIpc) is 2.49. The van der Waals surface area contributed by atoms with Crippen LogP contribution in [0.2, 0.25) is 0 Å². The Morgan fingerprint density at radius 1 is 1.33 bits per heavy atom. The first kappa shape index (κ1) is 17.4. The summed E-state index contributed by atoms with van der Waals surface area (Å²) in [5.74, 6) is 0.708. The summed E-state index contributed by atoms with van der Waals surface area (Å²) in [6, 6.07) is 4.73. The van der Waals surface area contributed by atoms with Gasteiger partial charge in [-0.1, -0.05) is 13.8 Å². The molecule has 0 radical (unpaired) electrons. The number of benzene rings is 1. The van der Waals surface area contributed by atoms with E-state index in [9.17, 15) is 10.1 Å². The van der Waals surface area contributed by atoms with Crippen molar-refractivity contribution in [3.8, 4) is 5.75 Å². The lowest BCUT2D eigenvalue weighted by atomic mass is 10.1. The van der Waals surface area contributed by atoms with Gasteiger partial charge in [0.1, 0.15) is 5.75 Å². The summed E-state index contributed by atoms with van der Waals surface area (Å²) in [5.41, 5.74) is 0.877. The second kappa shape index (κ2) is 9.31. The molecule has 6 heteroatoms. The number of hydrogen-bond acceptors (Lipinski definition) is 5. The molecule has 0 bridgehead atoms. The molecule has 0 aliphatic carbocycles. The highest BCUT2D eigenvalue weighted by molar-refractivity contribution is 5.43. The zero-order valence-corrected chi connectivity index (χ0v) is 12.9. The van der Waals surface area contributed by atoms with Crippen LogP contribution in [0.4, 0.5) is 5.69 Å². The van der Waals surface area contributed by atoms with Crippen molar-refractivity contribution >= 4 is 5.69 Å². The smallest absolute Gasteiger partial charge is 0.270 e. The summed E-state index contributed by atoms with van der Waals surface area (Å²) in [6.07, 6.45) is 1.94. The summed E-state index contributed by atoms with van der Waals surface area (Å²) >= 11 is 0. The molecule has 0 atom stereocenters. The standard InChI is InChI=1S/C15H24N2O4/c1-4-14(5-2)21-15-7-6-13(17(18)19)10-12(15)11-16-8-9-20-3/h6-7,10,14,16H,4-5,8-9,11H2,1-3H3. The van der Waals surface area contributed by atoms with Crippen LogP contribution in [-0.4, -0.2) is 31.3 Å². The minimum atomic E-state index is -0.389. The first-order valence-electron chi connectivity index (χ1n) is 7.25. The third-order valence-corrected chi connectivity index (χ3v) is 3.26. The van der Waals surface area contributed by atoms with Crippen LogP contribution in [0.15, 0.2) is 18.2 Å². The van der Waals surface area contributed by atoms with Gasteiger partial charge in [-0.05, 0) is 18.9 Å². The number of nitro groups is 1.